The van der Waals surface area contributed by atoms with Gasteiger partial charge >= 0.3 is 0 Å². The van der Waals surface area contributed by atoms with Crippen molar-refractivity contribution in [2.45, 2.75) is 19.4 Å². The summed E-state index contributed by atoms with van der Waals surface area (Å²) in [6.45, 7) is 3.44. The lowest BCUT2D eigenvalue weighted by atomic mass is 10.0. The molecule has 17 heavy (non-hydrogen) atoms. The van der Waals surface area contributed by atoms with Gasteiger partial charge in [-0.1, -0.05) is 0 Å². The van der Waals surface area contributed by atoms with Crippen LogP contribution in [0.25, 0.3) is 0 Å². The van der Waals surface area contributed by atoms with Gasteiger partial charge in [0.15, 0.2) is 0 Å². The summed E-state index contributed by atoms with van der Waals surface area (Å²) in [4.78, 5) is 17.6. The second-order valence-corrected chi connectivity index (χ2v) is 5.28. The van der Waals surface area contributed by atoms with Gasteiger partial charge in [-0.25, -0.2) is 4.98 Å². The van der Waals surface area contributed by atoms with Crippen molar-refractivity contribution in [2.24, 2.45) is 0 Å². The molecule has 0 spiro atoms. The number of hydrogen-bond acceptors (Lipinski definition) is 4. The first-order valence-electron chi connectivity index (χ1n) is 5.09. The van der Waals surface area contributed by atoms with Crippen LogP contribution in [0.3, 0.4) is 0 Å². The summed E-state index contributed by atoms with van der Waals surface area (Å²) in [5.74, 6) is 0.0665. The Balaban J connectivity index is 3.08. The molecule has 0 saturated heterocycles. The van der Waals surface area contributed by atoms with E-state index < -0.39 is 5.54 Å². The molecule has 0 aromatic carbocycles. The lowest BCUT2D eigenvalue weighted by molar-refractivity contribution is 0.0472. The summed E-state index contributed by atoms with van der Waals surface area (Å²) in [7, 11) is 1.64. The Morgan fingerprint density at radius 1 is 1.65 bits per heavy atom. The fourth-order valence-corrected chi connectivity index (χ4v) is 1.57. The molecule has 6 heteroatoms. The normalized spacial score (nSPS) is 11.4. The number of pyridine rings is 1. The van der Waals surface area contributed by atoms with Crippen LogP contribution in [0.5, 0.6) is 0 Å². The lowest BCUT2D eigenvalue weighted by Crippen LogP contribution is -2.47. The monoisotopic (exact) mass is 301 g/mol. The highest BCUT2D eigenvalue weighted by molar-refractivity contribution is 9.10. The maximum Gasteiger partial charge on any atom is 0.255 e. The number of carbonyl (C=O) groups excluding carboxylic acids is 1. The Hall–Kier alpha value is -1.14. The van der Waals surface area contributed by atoms with Crippen LogP contribution in [0.2, 0.25) is 0 Å². The van der Waals surface area contributed by atoms with E-state index in [1.165, 1.54) is 17.2 Å². The van der Waals surface area contributed by atoms with Crippen molar-refractivity contribution >= 4 is 27.7 Å². The van der Waals surface area contributed by atoms with E-state index in [0.717, 1.165) is 0 Å². The molecular formula is C11H16BrN3O2. The number of nitrogens with two attached hydrogens (primary N) is 1. The topological polar surface area (TPSA) is 79.5 Å². The molecule has 1 rings (SSSR count). The number of carbonyl (C=O) groups is 1. The largest absolute Gasteiger partial charge is 0.394 e. The number of rotatable bonds is 3. The first-order chi connectivity index (χ1) is 7.79. The van der Waals surface area contributed by atoms with Gasteiger partial charge in [0.1, 0.15) is 5.82 Å². The zero-order valence-electron chi connectivity index (χ0n) is 10.1. The predicted octanol–water partition coefficient (Wildman–Crippen LogP) is 1.27. The smallest absolute Gasteiger partial charge is 0.255 e. The van der Waals surface area contributed by atoms with Crippen molar-refractivity contribution in [3.8, 4) is 0 Å². The van der Waals surface area contributed by atoms with Crippen molar-refractivity contribution in [2.75, 3.05) is 19.4 Å². The van der Waals surface area contributed by atoms with E-state index in [9.17, 15) is 9.90 Å². The van der Waals surface area contributed by atoms with E-state index in [2.05, 4.69) is 20.9 Å². The summed E-state index contributed by atoms with van der Waals surface area (Å²) in [5, 5.41) is 9.24. The molecule has 0 bridgehead atoms. The molecule has 1 aromatic rings. The first-order valence-corrected chi connectivity index (χ1v) is 5.89. The van der Waals surface area contributed by atoms with E-state index in [0.29, 0.717) is 10.0 Å². The maximum atomic E-state index is 12.2. The molecule has 1 heterocycles. The summed E-state index contributed by atoms with van der Waals surface area (Å²) in [5.41, 5.74) is 5.36. The molecule has 94 valence electrons. The van der Waals surface area contributed by atoms with Crippen LogP contribution in [0, 0.1) is 0 Å². The average molecular weight is 302 g/mol. The van der Waals surface area contributed by atoms with Crippen LogP contribution in [-0.2, 0) is 0 Å². The highest BCUT2D eigenvalue weighted by atomic mass is 79.9. The number of anilines is 1. The van der Waals surface area contributed by atoms with Crippen LogP contribution in [0.15, 0.2) is 16.7 Å². The molecule has 1 amide bonds. The Morgan fingerprint density at radius 2 is 2.24 bits per heavy atom. The van der Waals surface area contributed by atoms with E-state index in [1.807, 2.05) is 0 Å². The number of likely N-dealkylation sites (N-methyl/N-ethyl adjacent to an activating group) is 1. The van der Waals surface area contributed by atoms with Crippen molar-refractivity contribution in [1.29, 1.82) is 0 Å². The Kier molecular flexibility index (Phi) is 4.11. The summed E-state index contributed by atoms with van der Waals surface area (Å²) >= 11 is 3.26. The summed E-state index contributed by atoms with van der Waals surface area (Å²) in [6, 6.07) is 1.51. The van der Waals surface area contributed by atoms with Crippen LogP contribution in [-0.4, -0.2) is 40.1 Å². The molecule has 0 fully saturated rings. The molecule has 0 atom stereocenters. The minimum atomic E-state index is -0.630. The quantitative estimate of drug-likeness (QED) is 0.881. The van der Waals surface area contributed by atoms with Crippen molar-refractivity contribution in [3.63, 3.8) is 0 Å². The highest BCUT2D eigenvalue weighted by Crippen LogP contribution is 2.22. The fraction of sp³-hybridized carbons (Fsp3) is 0.455. The molecule has 3 N–H and O–H groups in total. The fourth-order valence-electron chi connectivity index (χ4n) is 1.18. The number of aliphatic hydroxyl groups is 1. The van der Waals surface area contributed by atoms with Gasteiger partial charge in [-0.2, -0.15) is 0 Å². The van der Waals surface area contributed by atoms with Gasteiger partial charge in [-0.05, 0) is 35.8 Å². The van der Waals surface area contributed by atoms with Gasteiger partial charge in [-0.3, -0.25) is 4.79 Å². The lowest BCUT2D eigenvalue weighted by Gasteiger charge is -2.34. The second kappa shape index (κ2) is 5.01. The Morgan fingerprint density at radius 3 is 2.76 bits per heavy atom. The number of aliphatic hydroxyl groups excluding tert-OH is 1. The SMILES string of the molecule is CN(C(=O)c1cc(N)ncc1Br)C(C)(C)CO. The first kappa shape index (κ1) is 13.9. The maximum absolute atomic E-state index is 12.2. The molecule has 0 saturated carbocycles. The second-order valence-electron chi connectivity index (χ2n) is 4.42. The minimum absolute atomic E-state index is 0.118. The van der Waals surface area contributed by atoms with Gasteiger partial charge in [-0.15, -0.1) is 0 Å². The predicted molar refractivity (Wildman–Crippen MR) is 69.6 cm³/mol. The van der Waals surface area contributed by atoms with Gasteiger partial charge < -0.3 is 15.7 Å². The molecule has 0 unspecified atom stereocenters. The number of hydrogen-bond donors (Lipinski definition) is 2. The van der Waals surface area contributed by atoms with Crippen LogP contribution >= 0.6 is 15.9 Å². The van der Waals surface area contributed by atoms with Crippen LogP contribution in [0.1, 0.15) is 24.2 Å². The van der Waals surface area contributed by atoms with E-state index >= 15 is 0 Å². The third-order valence-electron chi connectivity index (χ3n) is 2.71. The van der Waals surface area contributed by atoms with Gasteiger partial charge in [0.2, 0.25) is 0 Å². The van der Waals surface area contributed by atoms with E-state index in [-0.39, 0.29) is 18.3 Å². The third kappa shape index (κ3) is 2.95. The number of nitrogen functional groups attached to an aromatic ring is 1. The zero-order chi connectivity index (χ0) is 13.2. The standard InChI is InChI=1S/C11H16BrN3O2/c1-11(2,6-16)15(3)10(17)7-4-9(13)14-5-8(7)12/h4-5,16H,6H2,1-3H3,(H2,13,14). The Bertz CT molecular complexity index is 435. The molecule has 5 nitrogen and oxygen atoms in total. The number of nitrogens with zero attached hydrogens (tertiary/aromatic N) is 2. The summed E-state index contributed by atoms with van der Waals surface area (Å²) < 4.78 is 0.581. The van der Waals surface area contributed by atoms with E-state index in [1.54, 1.807) is 20.9 Å². The van der Waals surface area contributed by atoms with Crippen LogP contribution in [0.4, 0.5) is 5.82 Å². The van der Waals surface area contributed by atoms with Crippen molar-refractivity contribution in [1.82, 2.24) is 9.88 Å². The van der Waals surface area contributed by atoms with Crippen molar-refractivity contribution < 1.29 is 9.90 Å². The minimum Gasteiger partial charge on any atom is -0.394 e. The van der Waals surface area contributed by atoms with Crippen molar-refractivity contribution in [3.05, 3.63) is 22.3 Å². The number of amides is 1. The number of halogens is 1. The molecular weight excluding hydrogens is 286 g/mol. The Labute approximate surface area is 109 Å². The van der Waals surface area contributed by atoms with Gasteiger partial charge in [0, 0.05) is 17.7 Å². The zero-order valence-corrected chi connectivity index (χ0v) is 11.7. The molecule has 0 aliphatic carbocycles. The molecule has 0 radical (unpaired) electrons. The molecule has 0 aliphatic rings. The summed E-state index contributed by atoms with van der Waals surface area (Å²) in [6.07, 6.45) is 1.49. The molecule has 0 aliphatic heterocycles. The highest BCUT2D eigenvalue weighted by Gasteiger charge is 2.28. The number of aromatic nitrogens is 1. The third-order valence-corrected chi connectivity index (χ3v) is 3.34. The molecule has 1 aromatic heterocycles. The van der Waals surface area contributed by atoms with Crippen LogP contribution < -0.4 is 5.73 Å². The van der Waals surface area contributed by atoms with E-state index in [4.69, 9.17) is 5.73 Å². The van der Waals surface area contributed by atoms with Gasteiger partial charge in [0.25, 0.3) is 5.91 Å². The van der Waals surface area contributed by atoms with Gasteiger partial charge in [0.05, 0.1) is 17.7 Å². The average Bonchev–Trinajstić information content (AvgIpc) is 2.30.